The van der Waals surface area contributed by atoms with Crippen molar-refractivity contribution in [2.75, 3.05) is 27.4 Å². The molecular formula is C47H80O18. The number of ether oxygens (including phenoxy) is 3. The van der Waals surface area contributed by atoms with E-state index < -0.39 is 0 Å². The molecule has 0 aliphatic heterocycles. The van der Waals surface area contributed by atoms with E-state index in [1.54, 1.807) is 20.8 Å². The maximum atomic E-state index is 10.6. The molecule has 0 spiro atoms. The summed E-state index contributed by atoms with van der Waals surface area (Å²) in [6, 6.07) is 0. The highest BCUT2D eigenvalue weighted by molar-refractivity contribution is 6.36. The Labute approximate surface area is 386 Å². The molecule has 0 N–H and O–H groups in total. The smallest absolute Gasteiger partial charge is 0.305 e. The minimum atomic E-state index is -0.345. The molecule has 0 saturated carbocycles. The Bertz CT molecular complexity index is 1340. The molecule has 0 unspecified atom stereocenters. The highest BCUT2D eigenvalue weighted by Crippen LogP contribution is 1.96. The Balaban J connectivity index is -0.0000000955. The van der Waals surface area contributed by atoms with Crippen LogP contribution in [-0.4, -0.2) is 115 Å². The zero-order valence-electron chi connectivity index (χ0n) is 42.2. The van der Waals surface area contributed by atoms with Crippen molar-refractivity contribution in [3.8, 4) is 0 Å². The average Bonchev–Trinajstić information content (AvgIpc) is 3.22. The average molecular weight is 933 g/mol. The Morgan fingerprint density at radius 1 is 0.323 bits per heavy atom. The molecule has 0 heterocycles. The van der Waals surface area contributed by atoms with Gasteiger partial charge in [0.05, 0.1) is 20.0 Å². The summed E-state index contributed by atoms with van der Waals surface area (Å²) in [6.45, 7) is 21.9. The molecule has 18 nitrogen and oxygen atoms in total. The van der Waals surface area contributed by atoms with E-state index in [2.05, 4.69) is 14.2 Å². The Kier molecular flexibility index (Phi) is 67.0. The summed E-state index contributed by atoms with van der Waals surface area (Å²) in [5, 5.41) is 0. The van der Waals surface area contributed by atoms with Gasteiger partial charge in [-0.1, -0.05) is 34.6 Å². The fourth-order valence-corrected chi connectivity index (χ4v) is 2.86. The van der Waals surface area contributed by atoms with Crippen molar-refractivity contribution in [3.05, 3.63) is 0 Å². The fourth-order valence-electron chi connectivity index (χ4n) is 2.86. The molecule has 0 amide bonds. The number of hydrogen-bond donors (Lipinski definition) is 0. The first kappa shape index (κ1) is 76.9. The largest absolute Gasteiger partial charge is 0.469 e. The zero-order valence-corrected chi connectivity index (χ0v) is 42.2. The molecule has 0 aliphatic carbocycles. The number of esters is 2. The van der Waals surface area contributed by atoms with Crippen LogP contribution in [0.15, 0.2) is 0 Å². The number of carbonyl (C=O) groups is 15. The highest BCUT2D eigenvalue weighted by Gasteiger charge is 2.03. The Morgan fingerprint density at radius 2 is 0.646 bits per heavy atom. The minimum Gasteiger partial charge on any atom is -0.469 e. The van der Waals surface area contributed by atoms with Crippen LogP contribution in [0.2, 0.25) is 0 Å². The molecule has 376 valence electrons. The number of rotatable bonds is 24. The van der Waals surface area contributed by atoms with Gasteiger partial charge < -0.3 is 38.2 Å². The number of Topliss-reactive ketones (excluding diaryl/α,β-unsaturated/α-hetero) is 13. The Morgan fingerprint density at radius 3 is 0.815 bits per heavy atom. The van der Waals surface area contributed by atoms with Crippen LogP contribution in [0.4, 0.5) is 0 Å². The van der Waals surface area contributed by atoms with Crippen molar-refractivity contribution < 1.29 is 86.1 Å². The third-order valence-corrected chi connectivity index (χ3v) is 6.67. The van der Waals surface area contributed by atoms with Gasteiger partial charge in [0, 0.05) is 91.1 Å². The second-order valence-corrected chi connectivity index (χ2v) is 13.8. The van der Waals surface area contributed by atoms with Crippen molar-refractivity contribution >= 4 is 87.1 Å². The topological polar surface area (TPSA) is 284 Å². The summed E-state index contributed by atoms with van der Waals surface area (Å²) in [5.74, 6) is -0.661. The van der Waals surface area contributed by atoms with Crippen LogP contribution >= 0.6 is 0 Å². The molecule has 0 atom stereocenters. The predicted molar refractivity (Wildman–Crippen MR) is 244 cm³/mol. The molecule has 65 heavy (non-hydrogen) atoms. The van der Waals surface area contributed by atoms with Crippen LogP contribution in [0.25, 0.3) is 0 Å². The van der Waals surface area contributed by atoms with Gasteiger partial charge >= 0.3 is 11.9 Å². The van der Waals surface area contributed by atoms with Crippen LogP contribution in [0.3, 0.4) is 0 Å². The standard InChI is InChI=1S/2C7H12O2.2C6H10O3.2C6H10O2.C5H8O2.C4H8O2/c2*1-3-7(9)5-4-6(2)8;1-5(7)3-4-6(8)9-2;1-3-6(8)9-4-5(2)7;1-5(7)3-4-6(2)8;1-3-6(8)4-5(2)7;1-3-5(7)4(2)6;1-4(5)3-6-2/h2*3-5H2,1-2H3;2*3-4H2,1-2H3;2*3-4H2,1-2H3;3H2,1-2H3;3H2,1-2H3. The van der Waals surface area contributed by atoms with E-state index >= 15 is 0 Å². The first-order valence-electron chi connectivity index (χ1n) is 21.2. The first-order valence-corrected chi connectivity index (χ1v) is 21.2. The molecular weight excluding hydrogens is 852 g/mol. The van der Waals surface area contributed by atoms with Gasteiger partial charge in [0.25, 0.3) is 0 Å². The number of ketones is 13. The van der Waals surface area contributed by atoms with E-state index in [0.29, 0.717) is 70.6 Å². The molecule has 0 rings (SSSR count). The highest BCUT2D eigenvalue weighted by atomic mass is 16.5. The van der Waals surface area contributed by atoms with Gasteiger partial charge in [-0.05, 0) is 55.4 Å². The second-order valence-electron chi connectivity index (χ2n) is 13.8. The molecule has 18 heteroatoms. The summed E-state index contributed by atoms with van der Waals surface area (Å²) in [6.07, 6.45) is 5.28. The summed E-state index contributed by atoms with van der Waals surface area (Å²) >= 11 is 0. The zero-order chi connectivity index (χ0) is 53.1. The summed E-state index contributed by atoms with van der Waals surface area (Å²) in [4.78, 5) is 154. The van der Waals surface area contributed by atoms with Crippen molar-refractivity contribution in [2.45, 2.75) is 187 Å². The van der Waals surface area contributed by atoms with Crippen molar-refractivity contribution in [2.24, 2.45) is 0 Å². The van der Waals surface area contributed by atoms with Crippen LogP contribution in [0, 0.1) is 0 Å². The molecule has 0 bridgehead atoms. The third kappa shape index (κ3) is 103. The quantitative estimate of drug-likeness (QED) is 0.0575. The first-order chi connectivity index (χ1) is 29.9. The van der Waals surface area contributed by atoms with E-state index in [0.717, 1.165) is 0 Å². The molecule has 0 radical (unpaired) electrons. The summed E-state index contributed by atoms with van der Waals surface area (Å²) in [5.41, 5.74) is 0. The lowest BCUT2D eigenvalue weighted by Crippen LogP contribution is -2.09. The molecule has 0 aromatic rings. The maximum absolute atomic E-state index is 10.6. The summed E-state index contributed by atoms with van der Waals surface area (Å²) in [7, 11) is 2.81. The number of hydrogen-bond acceptors (Lipinski definition) is 18. The molecule has 0 saturated heterocycles. The van der Waals surface area contributed by atoms with Crippen LogP contribution in [0.5, 0.6) is 0 Å². The SMILES string of the molecule is CC(=O)CCC(C)=O.CCC(=O)C(C)=O.CCC(=O)CC(C)=O.CCC(=O)CCC(C)=O.CCC(=O)CCC(C)=O.CCC(=O)OCC(C)=O.COC(=O)CCC(C)=O.COCC(C)=O. The van der Waals surface area contributed by atoms with Crippen LogP contribution < -0.4 is 0 Å². The van der Waals surface area contributed by atoms with E-state index in [1.165, 1.54) is 76.5 Å². The van der Waals surface area contributed by atoms with E-state index in [9.17, 15) is 71.9 Å². The van der Waals surface area contributed by atoms with Crippen LogP contribution in [0.1, 0.15) is 187 Å². The second kappa shape index (κ2) is 56.6. The summed E-state index contributed by atoms with van der Waals surface area (Å²) < 4.78 is 13.2. The van der Waals surface area contributed by atoms with Crippen molar-refractivity contribution in [1.29, 1.82) is 0 Å². The lowest BCUT2D eigenvalue weighted by molar-refractivity contribution is -0.147. The maximum Gasteiger partial charge on any atom is 0.305 e. The van der Waals surface area contributed by atoms with Crippen molar-refractivity contribution in [3.63, 3.8) is 0 Å². The molecule has 0 fully saturated rings. The van der Waals surface area contributed by atoms with Gasteiger partial charge in [-0.15, -0.1) is 0 Å². The van der Waals surface area contributed by atoms with Gasteiger partial charge in [0.1, 0.15) is 65.3 Å². The van der Waals surface area contributed by atoms with Gasteiger partial charge in [-0.3, -0.25) is 47.9 Å². The molecule has 0 aliphatic rings. The fraction of sp³-hybridized carbons (Fsp3) is 0.681. The van der Waals surface area contributed by atoms with Gasteiger partial charge in [-0.25, -0.2) is 0 Å². The third-order valence-electron chi connectivity index (χ3n) is 6.67. The van der Waals surface area contributed by atoms with Gasteiger partial charge in [0.2, 0.25) is 0 Å². The number of methoxy groups -OCH3 is 2. The van der Waals surface area contributed by atoms with Crippen LogP contribution in [-0.2, 0) is 86.1 Å². The van der Waals surface area contributed by atoms with Crippen molar-refractivity contribution in [1.82, 2.24) is 0 Å². The lowest BCUT2D eigenvalue weighted by atomic mass is 10.1. The van der Waals surface area contributed by atoms with E-state index in [-0.39, 0.29) is 120 Å². The number of carbonyl (C=O) groups excluding carboxylic acids is 15. The van der Waals surface area contributed by atoms with Gasteiger partial charge in [0.15, 0.2) is 23.1 Å². The minimum absolute atomic E-state index is 0.0143. The van der Waals surface area contributed by atoms with E-state index in [4.69, 9.17) is 0 Å². The molecule has 0 aromatic carbocycles. The normalized spacial score (nSPS) is 8.74. The molecule has 0 aromatic heterocycles. The predicted octanol–water partition coefficient (Wildman–Crippen LogP) is 6.39. The Hall–Kier alpha value is -5.39. The van der Waals surface area contributed by atoms with E-state index in [1.807, 2.05) is 13.8 Å². The monoisotopic (exact) mass is 933 g/mol. The van der Waals surface area contributed by atoms with Gasteiger partial charge in [-0.2, -0.15) is 0 Å². The lowest BCUT2D eigenvalue weighted by Gasteiger charge is -1.96.